The Morgan fingerprint density at radius 2 is 1.89 bits per heavy atom. The zero-order valence-electron chi connectivity index (χ0n) is 10.6. The van der Waals surface area contributed by atoms with Crippen molar-refractivity contribution in [2.75, 3.05) is 5.32 Å². The van der Waals surface area contributed by atoms with E-state index in [0.29, 0.717) is 11.6 Å². The third-order valence-corrected chi connectivity index (χ3v) is 3.52. The molecule has 3 rings (SSSR count). The van der Waals surface area contributed by atoms with Crippen LogP contribution in [0.5, 0.6) is 0 Å². The molecule has 98 valence electrons. The van der Waals surface area contributed by atoms with Crippen molar-refractivity contribution in [1.82, 2.24) is 14.8 Å². The standard InChI is InChI=1S/C14H16N4O/c19-14(11-5-8-15-9-6-11)17-13-7-10-16-18(13)12-3-1-2-4-12/h5-10,12H,1-4H2,(H,17,19). The number of carbonyl (C=O) groups excluding carboxylic acids is 1. The van der Waals surface area contributed by atoms with Gasteiger partial charge in [-0.2, -0.15) is 5.10 Å². The highest BCUT2D eigenvalue weighted by atomic mass is 16.1. The number of nitrogens with one attached hydrogen (secondary N) is 1. The van der Waals surface area contributed by atoms with Crippen molar-refractivity contribution in [1.29, 1.82) is 0 Å². The van der Waals surface area contributed by atoms with Crippen LogP contribution in [0.3, 0.4) is 0 Å². The van der Waals surface area contributed by atoms with Gasteiger partial charge in [-0.05, 0) is 25.0 Å². The molecule has 2 heterocycles. The van der Waals surface area contributed by atoms with Crippen LogP contribution in [-0.4, -0.2) is 20.7 Å². The van der Waals surface area contributed by atoms with E-state index in [2.05, 4.69) is 15.4 Å². The van der Waals surface area contributed by atoms with Crippen molar-refractivity contribution >= 4 is 11.7 Å². The van der Waals surface area contributed by atoms with E-state index in [0.717, 1.165) is 18.7 Å². The van der Waals surface area contributed by atoms with Gasteiger partial charge in [0.25, 0.3) is 5.91 Å². The quantitative estimate of drug-likeness (QED) is 0.918. The van der Waals surface area contributed by atoms with Crippen molar-refractivity contribution in [3.63, 3.8) is 0 Å². The summed E-state index contributed by atoms with van der Waals surface area (Å²) in [5.74, 6) is 0.649. The molecule has 2 aromatic rings. The van der Waals surface area contributed by atoms with E-state index in [1.807, 2.05) is 10.7 Å². The van der Waals surface area contributed by atoms with E-state index in [1.165, 1.54) is 12.8 Å². The van der Waals surface area contributed by atoms with Gasteiger partial charge >= 0.3 is 0 Å². The smallest absolute Gasteiger partial charge is 0.256 e. The first kappa shape index (κ1) is 11.9. The second-order valence-electron chi connectivity index (χ2n) is 4.79. The van der Waals surface area contributed by atoms with Crippen molar-refractivity contribution < 1.29 is 4.79 Å². The molecule has 0 unspecified atom stereocenters. The maximum Gasteiger partial charge on any atom is 0.256 e. The zero-order chi connectivity index (χ0) is 13.1. The van der Waals surface area contributed by atoms with Gasteiger partial charge < -0.3 is 5.32 Å². The topological polar surface area (TPSA) is 59.8 Å². The molecule has 0 bridgehead atoms. The summed E-state index contributed by atoms with van der Waals surface area (Å²) >= 11 is 0. The maximum absolute atomic E-state index is 12.1. The van der Waals surface area contributed by atoms with Crippen LogP contribution in [-0.2, 0) is 0 Å². The molecular weight excluding hydrogens is 240 g/mol. The van der Waals surface area contributed by atoms with E-state index >= 15 is 0 Å². The lowest BCUT2D eigenvalue weighted by molar-refractivity contribution is 0.102. The summed E-state index contributed by atoms with van der Waals surface area (Å²) in [6.45, 7) is 0. The highest BCUT2D eigenvalue weighted by molar-refractivity contribution is 6.03. The lowest BCUT2D eigenvalue weighted by Crippen LogP contribution is -2.17. The Bertz CT molecular complexity index is 558. The molecule has 19 heavy (non-hydrogen) atoms. The maximum atomic E-state index is 12.1. The molecule has 2 aromatic heterocycles. The van der Waals surface area contributed by atoms with E-state index in [4.69, 9.17) is 0 Å². The van der Waals surface area contributed by atoms with E-state index < -0.39 is 0 Å². The Morgan fingerprint density at radius 3 is 2.63 bits per heavy atom. The summed E-state index contributed by atoms with van der Waals surface area (Å²) < 4.78 is 1.94. The molecule has 1 aliphatic rings. The molecule has 0 saturated heterocycles. The second kappa shape index (κ2) is 5.22. The first-order chi connectivity index (χ1) is 9.34. The summed E-state index contributed by atoms with van der Waals surface area (Å²) in [6, 6.07) is 5.66. The summed E-state index contributed by atoms with van der Waals surface area (Å²) in [5, 5.41) is 7.25. The third kappa shape index (κ3) is 2.50. The lowest BCUT2D eigenvalue weighted by Gasteiger charge is -2.14. The number of amides is 1. The minimum atomic E-state index is -0.123. The fraction of sp³-hybridized carbons (Fsp3) is 0.357. The van der Waals surface area contributed by atoms with Gasteiger partial charge in [0.2, 0.25) is 0 Å². The minimum absolute atomic E-state index is 0.123. The molecule has 0 aliphatic heterocycles. The Kier molecular flexibility index (Phi) is 3.27. The van der Waals surface area contributed by atoms with E-state index in [1.54, 1.807) is 30.7 Å². The number of pyridine rings is 1. The fourth-order valence-electron chi connectivity index (χ4n) is 2.54. The van der Waals surface area contributed by atoms with Crippen LogP contribution in [0.15, 0.2) is 36.8 Å². The molecule has 0 atom stereocenters. The molecule has 1 saturated carbocycles. The predicted octanol–water partition coefficient (Wildman–Crippen LogP) is 2.65. The molecular formula is C14H16N4O. The van der Waals surface area contributed by atoms with Gasteiger partial charge in [0.15, 0.2) is 0 Å². The number of carbonyl (C=O) groups is 1. The van der Waals surface area contributed by atoms with Gasteiger partial charge in [-0.3, -0.25) is 9.78 Å². The number of aromatic nitrogens is 3. The monoisotopic (exact) mass is 256 g/mol. The Hall–Kier alpha value is -2.17. The molecule has 1 amide bonds. The Morgan fingerprint density at radius 1 is 1.16 bits per heavy atom. The van der Waals surface area contributed by atoms with Crippen LogP contribution in [0.1, 0.15) is 42.1 Å². The summed E-state index contributed by atoms with van der Waals surface area (Å²) in [5.41, 5.74) is 0.606. The molecule has 5 heteroatoms. The van der Waals surface area contributed by atoms with Gasteiger partial charge in [0.05, 0.1) is 12.2 Å². The second-order valence-corrected chi connectivity index (χ2v) is 4.79. The fourth-order valence-corrected chi connectivity index (χ4v) is 2.54. The summed E-state index contributed by atoms with van der Waals surface area (Å²) in [6.07, 6.45) is 9.72. The number of rotatable bonds is 3. The zero-order valence-corrected chi connectivity index (χ0v) is 10.6. The third-order valence-electron chi connectivity index (χ3n) is 3.52. The van der Waals surface area contributed by atoms with Gasteiger partial charge in [0, 0.05) is 24.0 Å². The van der Waals surface area contributed by atoms with Gasteiger partial charge in [0.1, 0.15) is 5.82 Å². The van der Waals surface area contributed by atoms with Gasteiger partial charge in [-0.1, -0.05) is 12.8 Å². The van der Waals surface area contributed by atoms with Gasteiger partial charge in [-0.25, -0.2) is 4.68 Å². The molecule has 1 aliphatic carbocycles. The van der Waals surface area contributed by atoms with Crippen molar-refractivity contribution in [2.24, 2.45) is 0 Å². The number of hydrogen-bond donors (Lipinski definition) is 1. The molecule has 1 N–H and O–H groups in total. The average molecular weight is 256 g/mol. The Labute approximate surface area is 111 Å². The van der Waals surface area contributed by atoms with Crippen LogP contribution in [0.4, 0.5) is 5.82 Å². The molecule has 5 nitrogen and oxygen atoms in total. The SMILES string of the molecule is O=C(Nc1ccnn1C1CCCC1)c1ccncc1. The largest absolute Gasteiger partial charge is 0.307 e. The number of anilines is 1. The van der Waals surface area contributed by atoms with Crippen molar-refractivity contribution in [3.05, 3.63) is 42.4 Å². The van der Waals surface area contributed by atoms with Crippen LogP contribution in [0.25, 0.3) is 0 Å². The van der Waals surface area contributed by atoms with Crippen LogP contribution in [0.2, 0.25) is 0 Å². The lowest BCUT2D eigenvalue weighted by atomic mass is 10.2. The number of nitrogens with zero attached hydrogens (tertiary/aromatic N) is 3. The predicted molar refractivity (Wildman–Crippen MR) is 71.9 cm³/mol. The van der Waals surface area contributed by atoms with E-state index in [9.17, 15) is 4.79 Å². The normalized spacial score (nSPS) is 15.6. The Balaban J connectivity index is 1.77. The molecule has 0 spiro atoms. The van der Waals surface area contributed by atoms with E-state index in [-0.39, 0.29) is 5.91 Å². The molecule has 1 fully saturated rings. The highest BCUT2D eigenvalue weighted by Gasteiger charge is 2.20. The van der Waals surface area contributed by atoms with Crippen LogP contribution >= 0.6 is 0 Å². The molecule has 0 aromatic carbocycles. The average Bonchev–Trinajstić information content (AvgIpc) is 3.10. The van der Waals surface area contributed by atoms with Crippen LogP contribution < -0.4 is 5.32 Å². The van der Waals surface area contributed by atoms with Crippen molar-refractivity contribution in [3.8, 4) is 0 Å². The summed E-state index contributed by atoms with van der Waals surface area (Å²) in [4.78, 5) is 16.0. The number of hydrogen-bond acceptors (Lipinski definition) is 3. The highest BCUT2D eigenvalue weighted by Crippen LogP contribution is 2.31. The summed E-state index contributed by atoms with van der Waals surface area (Å²) in [7, 11) is 0. The van der Waals surface area contributed by atoms with Gasteiger partial charge in [-0.15, -0.1) is 0 Å². The van der Waals surface area contributed by atoms with Crippen molar-refractivity contribution in [2.45, 2.75) is 31.7 Å². The first-order valence-corrected chi connectivity index (χ1v) is 6.59. The molecule has 0 radical (unpaired) electrons. The first-order valence-electron chi connectivity index (χ1n) is 6.59. The minimum Gasteiger partial charge on any atom is -0.307 e. The van der Waals surface area contributed by atoms with Crippen LogP contribution in [0, 0.1) is 0 Å².